The number of imide groups is 1. The third-order valence-electron chi connectivity index (χ3n) is 3.55. The second-order valence-electron chi connectivity index (χ2n) is 4.87. The lowest BCUT2D eigenvalue weighted by molar-refractivity contribution is -0.124. The zero-order valence-electron chi connectivity index (χ0n) is 11.1. The van der Waals surface area contributed by atoms with Gasteiger partial charge < -0.3 is 9.64 Å². The van der Waals surface area contributed by atoms with E-state index in [1.165, 1.54) is 0 Å². The van der Waals surface area contributed by atoms with Crippen LogP contribution in [0.3, 0.4) is 0 Å². The maximum absolute atomic E-state index is 12.0. The summed E-state index contributed by atoms with van der Waals surface area (Å²) in [6.07, 6.45) is 0.477. The van der Waals surface area contributed by atoms with Gasteiger partial charge in [0.2, 0.25) is 0 Å². The van der Waals surface area contributed by atoms with Crippen LogP contribution < -0.4 is 5.32 Å². The molecule has 0 atom stereocenters. The lowest BCUT2D eigenvalue weighted by Gasteiger charge is -2.29. The number of hydrogen-bond donors (Lipinski definition) is 1. The van der Waals surface area contributed by atoms with Crippen LogP contribution in [-0.4, -0.2) is 43.0 Å². The summed E-state index contributed by atoms with van der Waals surface area (Å²) in [6.45, 7) is 2.47. The van der Waals surface area contributed by atoms with Crippen LogP contribution in [-0.2, 0) is 20.7 Å². The Kier molecular flexibility index (Phi) is 3.52. The Balaban J connectivity index is 1.91. The summed E-state index contributed by atoms with van der Waals surface area (Å²) in [4.78, 5) is 26.0. The van der Waals surface area contributed by atoms with Gasteiger partial charge in [0.1, 0.15) is 5.70 Å². The molecule has 1 fully saturated rings. The van der Waals surface area contributed by atoms with Crippen molar-refractivity contribution in [1.82, 2.24) is 10.2 Å². The average molecular weight is 272 g/mol. The third-order valence-corrected chi connectivity index (χ3v) is 3.55. The number of rotatable bonds is 3. The lowest BCUT2D eigenvalue weighted by atomic mass is 10.0. The second kappa shape index (κ2) is 5.46. The Morgan fingerprint density at radius 2 is 1.75 bits per heavy atom. The number of hydrogen-bond acceptors (Lipinski definition) is 4. The van der Waals surface area contributed by atoms with Gasteiger partial charge in [0, 0.05) is 19.5 Å². The number of carbonyl (C=O) groups excluding carboxylic acids is 2. The van der Waals surface area contributed by atoms with Gasteiger partial charge in [0.15, 0.2) is 0 Å². The summed E-state index contributed by atoms with van der Waals surface area (Å²) in [5, 5.41) is 2.40. The van der Waals surface area contributed by atoms with Crippen molar-refractivity contribution in [2.75, 3.05) is 26.3 Å². The summed E-state index contributed by atoms with van der Waals surface area (Å²) in [5.41, 5.74) is 2.10. The minimum Gasteiger partial charge on any atom is -0.378 e. The minimum absolute atomic E-state index is 0.277. The summed E-state index contributed by atoms with van der Waals surface area (Å²) >= 11 is 0. The summed E-state index contributed by atoms with van der Waals surface area (Å²) in [7, 11) is 0. The van der Waals surface area contributed by atoms with Crippen LogP contribution in [0, 0.1) is 0 Å². The van der Waals surface area contributed by atoms with Crippen LogP contribution >= 0.6 is 0 Å². The highest BCUT2D eigenvalue weighted by molar-refractivity contribution is 6.19. The number of carbonyl (C=O) groups is 2. The molecule has 0 saturated carbocycles. The van der Waals surface area contributed by atoms with E-state index in [1.807, 2.05) is 35.2 Å². The quantitative estimate of drug-likeness (QED) is 0.813. The molecule has 20 heavy (non-hydrogen) atoms. The summed E-state index contributed by atoms with van der Waals surface area (Å²) in [5.74, 6) is -0.567. The molecule has 0 unspecified atom stereocenters. The van der Waals surface area contributed by atoms with Crippen LogP contribution in [0.25, 0.3) is 0 Å². The molecular weight excluding hydrogens is 256 g/mol. The molecule has 5 nitrogen and oxygen atoms in total. The number of amides is 2. The average Bonchev–Trinajstić information content (AvgIpc) is 2.75. The maximum Gasteiger partial charge on any atom is 0.274 e. The highest BCUT2D eigenvalue weighted by Gasteiger charge is 2.34. The van der Waals surface area contributed by atoms with Crippen molar-refractivity contribution < 1.29 is 14.3 Å². The van der Waals surface area contributed by atoms with Crippen LogP contribution in [0.2, 0.25) is 0 Å². The molecule has 5 heteroatoms. The van der Waals surface area contributed by atoms with E-state index in [0.717, 1.165) is 5.56 Å². The number of nitrogens with zero attached hydrogens (tertiary/aromatic N) is 1. The third kappa shape index (κ3) is 2.44. The Hall–Kier alpha value is -2.14. The first-order valence-electron chi connectivity index (χ1n) is 6.71. The number of ether oxygens (including phenoxy) is 1. The molecule has 2 aliphatic rings. The molecule has 1 aromatic carbocycles. The van der Waals surface area contributed by atoms with Gasteiger partial charge in [0.25, 0.3) is 11.8 Å². The number of benzene rings is 1. The van der Waals surface area contributed by atoms with E-state index in [4.69, 9.17) is 4.74 Å². The van der Waals surface area contributed by atoms with Gasteiger partial charge >= 0.3 is 0 Å². The SMILES string of the molecule is O=C1NC(=O)C(N2CCOCC2)=C1Cc1ccccc1. The predicted molar refractivity (Wildman–Crippen MR) is 72.7 cm³/mol. The van der Waals surface area contributed by atoms with Gasteiger partial charge in [-0.05, 0) is 5.56 Å². The normalized spacial score (nSPS) is 19.5. The number of morpholine rings is 1. The van der Waals surface area contributed by atoms with E-state index in [0.29, 0.717) is 44.0 Å². The highest BCUT2D eigenvalue weighted by Crippen LogP contribution is 2.22. The molecule has 1 saturated heterocycles. The summed E-state index contributed by atoms with van der Waals surface area (Å²) < 4.78 is 5.29. The van der Waals surface area contributed by atoms with Crippen LogP contribution in [0.1, 0.15) is 5.56 Å². The van der Waals surface area contributed by atoms with E-state index in [-0.39, 0.29) is 11.8 Å². The van der Waals surface area contributed by atoms with Crippen molar-refractivity contribution in [2.24, 2.45) is 0 Å². The molecule has 2 aliphatic heterocycles. The van der Waals surface area contributed by atoms with E-state index in [1.54, 1.807) is 0 Å². The fourth-order valence-electron chi connectivity index (χ4n) is 2.57. The van der Waals surface area contributed by atoms with Gasteiger partial charge in [0.05, 0.1) is 18.8 Å². The van der Waals surface area contributed by atoms with Gasteiger partial charge in [-0.25, -0.2) is 0 Å². The maximum atomic E-state index is 12.0. The van der Waals surface area contributed by atoms with E-state index in [9.17, 15) is 9.59 Å². The Labute approximate surface area is 117 Å². The molecule has 2 heterocycles. The van der Waals surface area contributed by atoms with Crippen LogP contribution in [0.4, 0.5) is 0 Å². The highest BCUT2D eigenvalue weighted by atomic mass is 16.5. The molecule has 0 spiro atoms. The Morgan fingerprint density at radius 3 is 2.45 bits per heavy atom. The smallest absolute Gasteiger partial charge is 0.274 e. The molecule has 104 valence electrons. The largest absolute Gasteiger partial charge is 0.378 e. The minimum atomic E-state index is -0.289. The topological polar surface area (TPSA) is 58.6 Å². The molecule has 0 aliphatic carbocycles. The van der Waals surface area contributed by atoms with Crippen molar-refractivity contribution >= 4 is 11.8 Å². The fraction of sp³-hybridized carbons (Fsp3) is 0.333. The molecule has 2 amide bonds. The van der Waals surface area contributed by atoms with Gasteiger partial charge in [-0.3, -0.25) is 14.9 Å². The Morgan fingerprint density at radius 1 is 1.05 bits per heavy atom. The fourth-order valence-corrected chi connectivity index (χ4v) is 2.57. The van der Waals surface area contributed by atoms with Gasteiger partial charge in [-0.2, -0.15) is 0 Å². The summed E-state index contributed by atoms with van der Waals surface area (Å²) in [6, 6.07) is 9.71. The standard InChI is InChI=1S/C15H16N2O3/c18-14-12(10-11-4-2-1-3-5-11)13(15(19)16-14)17-6-8-20-9-7-17/h1-5H,6-10H2,(H,16,18,19). The van der Waals surface area contributed by atoms with Gasteiger partial charge in [-0.1, -0.05) is 30.3 Å². The lowest BCUT2D eigenvalue weighted by Crippen LogP contribution is -2.39. The molecule has 0 aromatic heterocycles. The van der Waals surface area contributed by atoms with E-state index in [2.05, 4.69) is 5.32 Å². The van der Waals surface area contributed by atoms with Crippen LogP contribution in [0.5, 0.6) is 0 Å². The van der Waals surface area contributed by atoms with Crippen molar-refractivity contribution in [2.45, 2.75) is 6.42 Å². The first kappa shape index (κ1) is 12.9. The predicted octanol–water partition coefficient (Wildman–Crippen LogP) is 0.472. The first-order chi connectivity index (χ1) is 9.75. The Bertz CT molecular complexity index is 560. The van der Waals surface area contributed by atoms with Gasteiger partial charge in [-0.15, -0.1) is 0 Å². The zero-order chi connectivity index (χ0) is 13.9. The molecular formula is C15H16N2O3. The van der Waals surface area contributed by atoms with Crippen molar-refractivity contribution in [3.8, 4) is 0 Å². The zero-order valence-corrected chi connectivity index (χ0v) is 11.1. The van der Waals surface area contributed by atoms with Crippen molar-refractivity contribution in [1.29, 1.82) is 0 Å². The molecule has 0 bridgehead atoms. The van der Waals surface area contributed by atoms with Crippen molar-refractivity contribution in [3.05, 3.63) is 47.2 Å². The van der Waals surface area contributed by atoms with Crippen LogP contribution in [0.15, 0.2) is 41.6 Å². The van der Waals surface area contributed by atoms with E-state index >= 15 is 0 Å². The first-order valence-corrected chi connectivity index (χ1v) is 6.71. The monoisotopic (exact) mass is 272 g/mol. The van der Waals surface area contributed by atoms with E-state index < -0.39 is 0 Å². The molecule has 0 radical (unpaired) electrons. The number of nitrogens with one attached hydrogen (secondary N) is 1. The molecule has 1 aromatic rings. The van der Waals surface area contributed by atoms with Crippen molar-refractivity contribution in [3.63, 3.8) is 0 Å². The second-order valence-corrected chi connectivity index (χ2v) is 4.87. The molecule has 3 rings (SSSR count). The molecule has 1 N–H and O–H groups in total.